The quantitative estimate of drug-likeness (QED) is 0.799. The van der Waals surface area contributed by atoms with E-state index in [2.05, 4.69) is 16.6 Å². The Kier molecular flexibility index (Phi) is 5.39. The first kappa shape index (κ1) is 14.5. The van der Waals surface area contributed by atoms with Gasteiger partial charge in [0.1, 0.15) is 0 Å². The standard InChI is InChI=1S/C13H18ClN3OS/c1-10-11(7-15-5-6-18-2)8-17(16-10)9-12-3-4-13(14)19-12/h3-4,8,15H,5-7,9H2,1-2H3. The van der Waals surface area contributed by atoms with E-state index in [9.17, 15) is 0 Å². The molecule has 2 aromatic rings. The number of nitrogens with one attached hydrogen (secondary N) is 1. The molecule has 2 rings (SSSR count). The van der Waals surface area contributed by atoms with Gasteiger partial charge in [0, 0.05) is 36.8 Å². The Morgan fingerprint density at radius 2 is 2.32 bits per heavy atom. The molecule has 0 aliphatic heterocycles. The van der Waals surface area contributed by atoms with Crippen LogP contribution in [0.3, 0.4) is 0 Å². The first-order chi connectivity index (χ1) is 9.19. The summed E-state index contributed by atoms with van der Waals surface area (Å²) in [6, 6.07) is 3.96. The van der Waals surface area contributed by atoms with E-state index in [0.717, 1.165) is 36.3 Å². The highest BCUT2D eigenvalue weighted by Gasteiger charge is 2.06. The smallest absolute Gasteiger partial charge is 0.0931 e. The van der Waals surface area contributed by atoms with Crippen LogP contribution in [-0.4, -0.2) is 30.0 Å². The number of hydrogen-bond donors (Lipinski definition) is 1. The zero-order valence-electron chi connectivity index (χ0n) is 11.1. The van der Waals surface area contributed by atoms with Crippen molar-refractivity contribution in [2.24, 2.45) is 0 Å². The number of halogens is 1. The molecule has 0 amide bonds. The summed E-state index contributed by atoms with van der Waals surface area (Å²) in [5.74, 6) is 0. The fourth-order valence-electron chi connectivity index (χ4n) is 1.81. The van der Waals surface area contributed by atoms with E-state index >= 15 is 0 Å². The Morgan fingerprint density at radius 3 is 3.00 bits per heavy atom. The topological polar surface area (TPSA) is 39.1 Å². The lowest BCUT2D eigenvalue weighted by atomic mass is 10.2. The third-order valence-corrected chi connectivity index (χ3v) is 4.01. The molecule has 0 radical (unpaired) electrons. The van der Waals surface area contributed by atoms with Gasteiger partial charge < -0.3 is 10.1 Å². The monoisotopic (exact) mass is 299 g/mol. The molecule has 0 spiro atoms. The molecule has 0 aliphatic rings. The van der Waals surface area contributed by atoms with Gasteiger partial charge in [0.05, 0.1) is 23.2 Å². The molecule has 19 heavy (non-hydrogen) atoms. The van der Waals surface area contributed by atoms with Crippen molar-refractivity contribution in [1.82, 2.24) is 15.1 Å². The van der Waals surface area contributed by atoms with Crippen molar-refractivity contribution in [2.45, 2.75) is 20.0 Å². The minimum atomic E-state index is 0.723. The highest BCUT2D eigenvalue weighted by atomic mass is 35.5. The first-order valence-electron chi connectivity index (χ1n) is 6.16. The summed E-state index contributed by atoms with van der Waals surface area (Å²) in [5, 5.41) is 7.85. The lowest BCUT2D eigenvalue weighted by Crippen LogP contribution is -2.18. The predicted molar refractivity (Wildman–Crippen MR) is 79.0 cm³/mol. The molecule has 4 nitrogen and oxygen atoms in total. The third-order valence-electron chi connectivity index (χ3n) is 2.79. The van der Waals surface area contributed by atoms with Gasteiger partial charge >= 0.3 is 0 Å². The lowest BCUT2D eigenvalue weighted by molar-refractivity contribution is 0.199. The molecule has 2 heterocycles. The van der Waals surface area contributed by atoms with E-state index < -0.39 is 0 Å². The fraction of sp³-hybridized carbons (Fsp3) is 0.462. The van der Waals surface area contributed by atoms with Gasteiger partial charge in [0.2, 0.25) is 0 Å². The first-order valence-corrected chi connectivity index (χ1v) is 7.35. The summed E-state index contributed by atoms with van der Waals surface area (Å²) in [6.45, 7) is 5.20. The van der Waals surface area contributed by atoms with Crippen molar-refractivity contribution in [3.05, 3.63) is 38.8 Å². The van der Waals surface area contributed by atoms with E-state index in [1.54, 1.807) is 18.4 Å². The molecule has 0 bridgehead atoms. The van der Waals surface area contributed by atoms with Gasteiger partial charge in [-0.05, 0) is 19.1 Å². The van der Waals surface area contributed by atoms with Gasteiger partial charge in [0.15, 0.2) is 0 Å². The van der Waals surface area contributed by atoms with Crippen molar-refractivity contribution in [1.29, 1.82) is 0 Å². The Hall–Kier alpha value is -0.880. The van der Waals surface area contributed by atoms with Gasteiger partial charge in [-0.25, -0.2) is 0 Å². The van der Waals surface area contributed by atoms with Crippen LogP contribution in [0.5, 0.6) is 0 Å². The Labute approximate surface area is 122 Å². The summed E-state index contributed by atoms with van der Waals surface area (Å²) in [4.78, 5) is 1.21. The number of methoxy groups -OCH3 is 1. The predicted octanol–water partition coefficient (Wildman–Crippen LogP) is 2.69. The van der Waals surface area contributed by atoms with Crippen molar-refractivity contribution in [3.63, 3.8) is 0 Å². The fourth-order valence-corrected chi connectivity index (χ4v) is 2.89. The maximum atomic E-state index is 5.93. The Balaban J connectivity index is 1.92. The molecule has 104 valence electrons. The largest absolute Gasteiger partial charge is 0.383 e. The van der Waals surface area contributed by atoms with Gasteiger partial charge in [-0.1, -0.05) is 11.6 Å². The summed E-state index contributed by atoms with van der Waals surface area (Å²) < 4.78 is 7.78. The maximum Gasteiger partial charge on any atom is 0.0931 e. The molecule has 0 aliphatic carbocycles. The van der Waals surface area contributed by atoms with Gasteiger partial charge in [-0.15, -0.1) is 11.3 Å². The number of aromatic nitrogens is 2. The van der Waals surface area contributed by atoms with Crippen molar-refractivity contribution in [3.8, 4) is 0 Å². The van der Waals surface area contributed by atoms with Crippen LogP contribution in [0.4, 0.5) is 0 Å². The molecule has 0 unspecified atom stereocenters. The minimum Gasteiger partial charge on any atom is -0.383 e. The van der Waals surface area contributed by atoms with Crippen LogP contribution in [0, 0.1) is 6.92 Å². The number of thiophene rings is 1. The number of ether oxygens (including phenoxy) is 1. The van der Waals surface area contributed by atoms with E-state index in [-0.39, 0.29) is 0 Å². The third kappa shape index (κ3) is 4.31. The summed E-state index contributed by atoms with van der Waals surface area (Å²) in [6.07, 6.45) is 2.09. The number of hydrogen-bond acceptors (Lipinski definition) is 4. The van der Waals surface area contributed by atoms with E-state index in [0.29, 0.717) is 0 Å². The number of aryl methyl sites for hydroxylation is 1. The lowest BCUT2D eigenvalue weighted by Gasteiger charge is -2.02. The SMILES string of the molecule is COCCNCc1cn(Cc2ccc(Cl)s2)nc1C. The van der Waals surface area contributed by atoms with Gasteiger partial charge in [-0.3, -0.25) is 4.68 Å². The van der Waals surface area contributed by atoms with Crippen LogP contribution in [-0.2, 0) is 17.8 Å². The van der Waals surface area contributed by atoms with Crippen molar-refractivity contribution >= 4 is 22.9 Å². The highest BCUT2D eigenvalue weighted by molar-refractivity contribution is 7.16. The normalized spacial score (nSPS) is 11.1. The van der Waals surface area contributed by atoms with Crippen LogP contribution in [0.15, 0.2) is 18.3 Å². The molecule has 0 fully saturated rings. The van der Waals surface area contributed by atoms with E-state index in [4.69, 9.17) is 16.3 Å². The van der Waals surface area contributed by atoms with E-state index in [1.165, 1.54) is 10.4 Å². The molecular weight excluding hydrogens is 282 g/mol. The summed E-state index contributed by atoms with van der Waals surface area (Å²) in [5.41, 5.74) is 2.28. The van der Waals surface area contributed by atoms with Gasteiger partial charge in [-0.2, -0.15) is 5.10 Å². The minimum absolute atomic E-state index is 0.723. The zero-order chi connectivity index (χ0) is 13.7. The molecule has 0 saturated carbocycles. The van der Waals surface area contributed by atoms with E-state index in [1.807, 2.05) is 23.7 Å². The zero-order valence-corrected chi connectivity index (χ0v) is 12.7. The molecule has 6 heteroatoms. The Bertz CT molecular complexity index is 524. The number of rotatable bonds is 7. The number of nitrogens with zero attached hydrogens (tertiary/aromatic N) is 2. The van der Waals surface area contributed by atoms with Crippen LogP contribution in [0.25, 0.3) is 0 Å². The average molecular weight is 300 g/mol. The molecule has 0 aromatic carbocycles. The molecular formula is C13H18ClN3OS. The second kappa shape index (κ2) is 7.05. The summed E-state index contributed by atoms with van der Waals surface area (Å²) in [7, 11) is 1.71. The van der Waals surface area contributed by atoms with Gasteiger partial charge in [0.25, 0.3) is 0 Å². The van der Waals surface area contributed by atoms with Crippen molar-refractivity contribution < 1.29 is 4.74 Å². The molecule has 1 N–H and O–H groups in total. The second-order valence-electron chi connectivity index (χ2n) is 4.31. The van der Waals surface area contributed by atoms with Crippen LogP contribution < -0.4 is 5.32 Å². The Morgan fingerprint density at radius 1 is 1.47 bits per heavy atom. The molecule has 0 saturated heterocycles. The van der Waals surface area contributed by atoms with Crippen LogP contribution in [0.1, 0.15) is 16.1 Å². The highest BCUT2D eigenvalue weighted by Crippen LogP contribution is 2.22. The maximum absolute atomic E-state index is 5.93. The second-order valence-corrected chi connectivity index (χ2v) is 6.11. The molecule has 2 aromatic heterocycles. The van der Waals surface area contributed by atoms with Crippen LogP contribution >= 0.6 is 22.9 Å². The molecule has 0 atom stereocenters. The van der Waals surface area contributed by atoms with Crippen LogP contribution in [0.2, 0.25) is 4.34 Å². The average Bonchev–Trinajstić information content (AvgIpc) is 2.92. The summed E-state index contributed by atoms with van der Waals surface area (Å²) >= 11 is 7.52. The van der Waals surface area contributed by atoms with Crippen molar-refractivity contribution in [2.75, 3.05) is 20.3 Å².